The van der Waals surface area contributed by atoms with Crippen LogP contribution in [0.15, 0.2) is 77.3 Å². The summed E-state index contributed by atoms with van der Waals surface area (Å²) < 4.78 is 46.1. The Balaban J connectivity index is 1.57. The molecule has 0 amide bonds. The topological polar surface area (TPSA) is 65.7 Å². The van der Waals surface area contributed by atoms with Crippen LogP contribution in [0.4, 0.5) is 8.78 Å². The van der Waals surface area contributed by atoms with Gasteiger partial charge in [0.15, 0.2) is 22.7 Å². The van der Waals surface area contributed by atoms with Crippen molar-refractivity contribution in [1.29, 1.82) is 0 Å². The van der Waals surface area contributed by atoms with Gasteiger partial charge in [-0.15, -0.1) is 0 Å². The molecule has 1 heterocycles. The van der Waals surface area contributed by atoms with E-state index in [0.717, 1.165) is 5.56 Å². The average molecular weight is 491 g/mol. The number of fused-ring (bicyclic) bond motifs is 3. The highest BCUT2D eigenvalue weighted by atomic mass is 19.1. The number of aryl methyl sites for hydroxylation is 1. The number of hydrogen-bond donors (Lipinski definition) is 0. The van der Waals surface area contributed by atoms with Gasteiger partial charge in [-0.1, -0.05) is 43.5 Å². The Labute approximate surface area is 206 Å². The highest BCUT2D eigenvalue weighted by Gasteiger charge is 2.21. The minimum Gasteiger partial charge on any atom is -0.462 e. The van der Waals surface area contributed by atoms with E-state index in [2.05, 4.69) is 13.2 Å². The third-order valence-electron chi connectivity index (χ3n) is 5.66. The van der Waals surface area contributed by atoms with E-state index in [1.54, 1.807) is 31.2 Å². The number of rotatable bonds is 8. The van der Waals surface area contributed by atoms with Crippen molar-refractivity contribution in [3.63, 3.8) is 0 Å². The molecule has 0 fully saturated rings. The fourth-order valence-corrected chi connectivity index (χ4v) is 3.72. The summed E-state index contributed by atoms with van der Waals surface area (Å²) in [5, 5.41) is 0.773. The van der Waals surface area contributed by atoms with Crippen molar-refractivity contribution < 1.29 is 32.3 Å². The summed E-state index contributed by atoms with van der Waals surface area (Å²) in [5.74, 6) is -3.01. The van der Waals surface area contributed by atoms with E-state index in [9.17, 15) is 14.0 Å². The molecular weight excluding hydrogens is 466 g/mol. The molecule has 0 aliphatic heterocycles. The van der Waals surface area contributed by atoms with Crippen LogP contribution in [0, 0.1) is 11.6 Å². The third kappa shape index (κ3) is 4.91. The molecule has 0 bridgehead atoms. The first kappa shape index (κ1) is 24.9. The lowest BCUT2D eigenvalue weighted by Gasteiger charge is -2.07. The molecule has 4 aromatic rings. The predicted octanol–water partition coefficient (Wildman–Crippen LogP) is 7.06. The van der Waals surface area contributed by atoms with E-state index in [0.29, 0.717) is 40.3 Å². The molecule has 5 nitrogen and oxygen atoms in total. The lowest BCUT2D eigenvalue weighted by atomic mass is 10.00. The molecule has 0 N–H and O–H groups in total. The molecule has 1 aromatic heterocycles. The second-order valence-corrected chi connectivity index (χ2v) is 8.55. The minimum atomic E-state index is -0.891. The van der Waals surface area contributed by atoms with Crippen LogP contribution < -0.4 is 4.74 Å². The van der Waals surface area contributed by atoms with Crippen molar-refractivity contribution in [3.8, 4) is 16.9 Å². The zero-order valence-corrected chi connectivity index (χ0v) is 20.0. The van der Waals surface area contributed by atoms with Crippen LogP contribution in [-0.2, 0) is 20.7 Å². The van der Waals surface area contributed by atoms with Crippen LogP contribution in [0.1, 0.15) is 25.8 Å². The maximum absolute atomic E-state index is 15.5. The van der Waals surface area contributed by atoms with Gasteiger partial charge in [0.1, 0.15) is 0 Å². The normalized spacial score (nSPS) is 11.0. The molecule has 4 rings (SSSR count). The van der Waals surface area contributed by atoms with Gasteiger partial charge >= 0.3 is 11.9 Å². The Morgan fingerprint density at radius 2 is 1.44 bits per heavy atom. The molecular formula is C29H24F2O5. The number of carbonyl (C=O) groups is 2. The van der Waals surface area contributed by atoms with Gasteiger partial charge < -0.3 is 13.9 Å². The second-order valence-electron chi connectivity index (χ2n) is 8.55. The molecule has 7 heteroatoms. The molecule has 0 saturated carbocycles. The van der Waals surface area contributed by atoms with Crippen molar-refractivity contribution >= 4 is 33.9 Å². The van der Waals surface area contributed by atoms with Gasteiger partial charge in [0.25, 0.3) is 0 Å². The highest BCUT2D eigenvalue weighted by molar-refractivity contribution is 6.07. The molecule has 0 saturated heterocycles. The first-order valence-corrected chi connectivity index (χ1v) is 11.3. The Kier molecular flexibility index (Phi) is 7.01. The van der Waals surface area contributed by atoms with Crippen LogP contribution in [0.5, 0.6) is 5.75 Å². The summed E-state index contributed by atoms with van der Waals surface area (Å²) >= 11 is 0. The largest absolute Gasteiger partial charge is 0.462 e. The van der Waals surface area contributed by atoms with E-state index < -0.39 is 23.6 Å². The molecule has 3 aromatic carbocycles. The van der Waals surface area contributed by atoms with Crippen molar-refractivity contribution in [2.45, 2.75) is 26.7 Å². The molecule has 0 spiro atoms. The fourth-order valence-electron chi connectivity index (χ4n) is 3.72. The summed E-state index contributed by atoms with van der Waals surface area (Å²) in [6, 6.07) is 13.4. The number of benzene rings is 3. The lowest BCUT2D eigenvalue weighted by Crippen LogP contribution is -2.09. The Bertz CT molecular complexity index is 1510. The molecule has 0 atom stereocenters. The number of halogens is 2. The van der Waals surface area contributed by atoms with Crippen LogP contribution in [0.2, 0.25) is 0 Å². The summed E-state index contributed by atoms with van der Waals surface area (Å²) in [6.45, 7) is 10.3. The van der Waals surface area contributed by atoms with E-state index in [1.165, 1.54) is 19.1 Å². The summed E-state index contributed by atoms with van der Waals surface area (Å²) in [6.07, 6.45) is 1.33. The second kappa shape index (κ2) is 10.2. The smallest absolute Gasteiger partial charge is 0.338 e. The number of furan rings is 1. The first-order chi connectivity index (χ1) is 17.2. The minimum absolute atomic E-state index is 0.0896. The highest BCUT2D eigenvalue weighted by Crippen LogP contribution is 2.38. The van der Waals surface area contributed by atoms with E-state index in [4.69, 9.17) is 13.9 Å². The standard InChI is InChI=1S/C29H24F2O5/c1-16(2)28(32)34-15-5-6-18-7-9-19(10-8-18)20-11-12-21-22-13-14-23(35-29(33)17(3)4)25(31)27(22)36-26(21)24(20)30/h7-14H,1,3,5-6,15H2,2,4H3. The molecule has 0 aliphatic carbocycles. The third-order valence-corrected chi connectivity index (χ3v) is 5.66. The van der Waals surface area contributed by atoms with Crippen LogP contribution in [0.3, 0.4) is 0 Å². The van der Waals surface area contributed by atoms with E-state index in [-0.39, 0.29) is 29.1 Å². The average Bonchev–Trinajstić information content (AvgIpc) is 3.24. The zero-order valence-electron chi connectivity index (χ0n) is 20.0. The number of carbonyl (C=O) groups excluding carboxylic acids is 2. The molecule has 184 valence electrons. The van der Waals surface area contributed by atoms with Gasteiger partial charge in [-0.25, -0.2) is 14.0 Å². The number of ether oxygens (including phenoxy) is 2. The maximum Gasteiger partial charge on any atom is 0.338 e. The van der Waals surface area contributed by atoms with Gasteiger partial charge in [0, 0.05) is 27.5 Å². The Morgan fingerprint density at radius 1 is 0.833 bits per heavy atom. The number of esters is 2. The van der Waals surface area contributed by atoms with Gasteiger partial charge in [-0.05, 0) is 56.0 Å². The van der Waals surface area contributed by atoms with E-state index in [1.807, 2.05) is 12.1 Å². The van der Waals surface area contributed by atoms with Gasteiger partial charge in [-0.2, -0.15) is 4.39 Å². The van der Waals surface area contributed by atoms with Crippen LogP contribution >= 0.6 is 0 Å². The first-order valence-electron chi connectivity index (χ1n) is 11.3. The van der Waals surface area contributed by atoms with Gasteiger partial charge in [0.2, 0.25) is 5.82 Å². The van der Waals surface area contributed by atoms with Crippen LogP contribution in [-0.4, -0.2) is 18.5 Å². The summed E-state index contributed by atoms with van der Waals surface area (Å²) in [7, 11) is 0. The Morgan fingerprint density at radius 3 is 2.08 bits per heavy atom. The summed E-state index contributed by atoms with van der Waals surface area (Å²) in [5.41, 5.74) is 2.13. The van der Waals surface area contributed by atoms with Gasteiger partial charge in [-0.3, -0.25) is 0 Å². The van der Waals surface area contributed by atoms with Crippen LogP contribution in [0.25, 0.3) is 33.1 Å². The monoisotopic (exact) mass is 490 g/mol. The zero-order chi connectivity index (χ0) is 26.0. The van der Waals surface area contributed by atoms with Crippen molar-refractivity contribution in [1.82, 2.24) is 0 Å². The lowest BCUT2D eigenvalue weighted by molar-refractivity contribution is -0.139. The van der Waals surface area contributed by atoms with Crippen molar-refractivity contribution in [3.05, 3.63) is 90.0 Å². The predicted molar refractivity (Wildman–Crippen MR) is 134 cm³/mol. The Hall–Kier alpha value is -4.26. The van der Waals surface area contributed by atoms with Gasteiger partial charge in [0.05, 0.1) is 6.61 Å². The van der Waals surface area contributed by atoms with Crippen molar-refractivity contribution in [2.75, 3.05) is 6.61 Å². The quantitative estimate of drug-likeness (QED) is 0.114. The number of hydrogen-bond acceptors (Lipinski definition) is 5. The SMILES string of the molecule is C=C(C)C(=O)OCCCc1ccc(-c2ccc3c(oc4c(F)c(OC(=O)C(=C)C)ccc43)c2F)cc1. The van der Waals surface area contributed by atoms with E-state index >= 15 is 4.39 Å². The van der Waals surface area contributed by atoms with Crippen molar-refractivity contribution in [2.24, 2.45) is 0 Å². The molecule has 36 heavy (non-hydrogen) atoms. The summed E-state index contributed by atoms with van der Waals surface area (Å²) in [4.78, 5) is 23.2. The molecule has 0 radical (unpaired) electrons. The molecule has 0 aliphatic rings. The fraction of sp³-hybridized carbons (Fsp3) is 0.172. The maximum atomic E-state index is 15.5. The molecule has 0 unspecified atom stereocenters.